The lowest BCUT2D eigenvalue weighted by Crippen LogP contribution is -2.37. The van der Waals surface area contributed by atoms with Gasteiger partial charge in [0, 0.05) is 12.2 Å². The molecule has 0 aromatic carbocycles. The first kappa shape index (κ1) is 8.29. The summed E-state index contributed by atoms with van der Waals surface area (Å²) >= 11 is 0. The van der Waals surface area contributed by atoms with E-state index in [1.807, 2.05) is 13.8 Å². The van der Waals surface area contributed by atoms with Gasteiger partial charge >= 0.3 is 7.12 Å². The molecule has 1 aromatic rings. The summed E-state index contributed by atoms with van der Waals surface area (Å²) in [6.07, 6.45) is 1.55. The van der Waals surface area contributed by atoms with E-state index in [0.29, 0.717) is 5.59 Å². The van der Waals surface area contributed by atoms with Gasteiger partial charge in [0.25, 0.3) is 0 Å². The second-order valence-electron chi connectivity index (χ2n) is 2.67. The van der Waals surface area contributed by atoms with Crippen LogP contribution in [-0.4, -0.2) is 26.9 Å². The predicted molar refractivity (Wildman–Crippen MR) is 42.4 cm³/mol. The fourth-order valence-electron chi connectivity index (χ4n) is 0.960. The van der Waals surface area contributed by atoms with E-state index in [1.165, 1.54) is 0 Å². The van der Waals surface area contributed by atoms with Gasteiger partial charge in [0.2, 0.25) is 0 Å². The minimum absolute atomic E-state index is 0.154. The van der Waals surface area contributed by atoms with Crippen molar-refractivity contribution in [3.8, 4) is 0 Å². The van der Waals surface area contributed by atoms with E-state index >= 15 is 0 Å². The van der Waals surface area contributed by atoms with Gasteiger partial charge in [-0.3, -0.25) is 4.68 Å². The quantitative estimate of drug-likeness (QED) is 0.545. The van der Waals surface area contributed by atoms with Crippen molar-refractivity contribution >= 4 is 12.7 Å². The van der Waals surface area contributed by atoms with Crippen LogP contribution in [-0.2, 0) is 0 Å². The molecule has 0 spiro atoms. The maximum Gasteiger partial charge on any atom is 0.507 e. The first-order valence-electron chi connectivity index (χ1n) is 3.52. The first-order valence-corrected chi connectivity index (χ1v) is 3.52. The third-order valence-electron chi connectivity index (χ3n) is 1.45. The standard InChI is InChI=1S/C6H11BN2O2/c1-5(2)9-6(7(10)11)3-4-8-9/h3-5,10-11H,1-2H3. The van der Waals surface area contributed by atoms with Crippen LogP contribution in [0.1, 0.15) is 19.9 Å². The van der Waals surface area contributed by atoms with Crippen LogP contribution < -0.4 is 5.59 Å². The van der Waals surface area contributed by atoms with E-state index in [0.717, 1.165) is 0 Å². The van der Waals surface area contributed by atoms with Crippen LogP contribution >= 0.6 is 0 Å². The molecule has 0 aliphatic carbocycles. The SMILES string of the molecule is CC(C)n1nccc1B(O)O. The van der Waals surface area contributed by atoms with Crippen LogP contribution in [0.3, 0.4) is 0 Å². The molecule has 0 bridgehead atoms. The highest BCUT2D eigenvalue weighted by atomic mass is 16.4. The van der Waals surface area contributed by atoms with Gasteiger partial charge in [-0.05, 0) is 19.9 Å². The van der Waals surface area contributed by atoms with E-state index in [1.54, 1.807) is 16.9 Å². The molecule has 11 heavy (non-hydrogen) atoms. The van der Waals surface area contributed by atoms with E-state index in [4.69, 9.17) is 10.0 Å². The molecular formula is C6H11BN2O2. The topological polar surface area (TPSA) is 58.3 Å². The number of nitrogens with zero attached hydrogens (tertiary/aromatic N) is 2. The van der Waals surface area contributed by atoms with Crippen LogP contribution in [0.25, 0.3) is 0 Å². The highest BCUT2D eigenvalue weighted by Crippen LogP contribution is 1.98. The summed E-state index contributed by atoms with van der Waals surface area (Å²) in [7, 11) is -1.43. The van der Waals surface area contributed by atoms with Crippen molar-refractivity contribution in [3.63, 3.8) is 0 Å². The average molecular weight is 154 g/mol. The molecule has 0 fully saturated rings. The van der Waals surface area contributed by atoms with Crippen LogP contribution in [0.2, 0.25) is 0 Å². The lowest BCUT2D eigenvalue weighted by Gasteiger charge is -2.09. The summed E-state index contributed by atoms with van der Waals surface area (Å²) in [4.78, 5) is 0. The number of aromatic nitrogens is 2. The average Bonchev–Trinajstić information content (AvgIpc) is 2.32. The Labute approximate surface area is 65.6 Å². The molecule has 0 aliphatic rings. The van der Waals surface area contributed by atoms with Crippen molar-refractivity contribution in [1.29, 1.82) is 0 Å². The zero-order chi connectivity index (χ0) is 8.43. The van der Waals surface area contributed by atoms with E-state index in [-0.39, 0.29) is 6.04 Å². The van der Waals surface area contributed by atoms with Gasteiger partial charge < -0.3 is 10.0 Å². The fraction of sp³-hybridized carbons (Fsp3) is 0.500. The smallest absolute Gasteiger partial charge is 0.422 e. The Bertz CT molecular complexity index is 212. The van der Waals surface area contributed by atoms with Crippen molar-refractivity contribution in [2.45, 2.75) is 19.9 Å². The van der Waals surface area contributed by atoms with Gasteiger partial charge in [0.1, 0.15) is 0 Å². The Morgan fingerprint density at radius 1 is 1.55 bits per heavy atom. The van der Waals surface area contributed by atoms with Gasteiger partial charge in [-0.1, -0.05) is 0 Å². The lowest BCUT2D eigenvalue weighted by molar-refractivity contribution is 0.416. The van der Waals surface area contributed by atoms with Crippen molar-refractivity contribution in [2.24, 2.45) is 0 Å². The molecule has 2 N–H and O–H groups in total. The molecule has 0 saturated carbocycles. The molecule has 0 atom stereocenters. The largest absolute Gasteiger partial charge is 0.507 e. The summed E-state index contributed by atoms with van der Waals surface area (Å²) in [6.45, 7) is 3.86. The zero-order valence-corrected chi connectivity index (χ0v) is 6.60. The van der Waals surface area contributed by atoms with Crippen LogP contribution in [0.4, 0.5) is 0 Å². The maximum atomic E-state index is 8.84. The molecule has 0 amide bonds. The summed E-state index contributed by atoms with van der Waals surface area (Å²) in [6, 6.07) is 1.74. The van der Waals surface area contributed by atoms with Gasteiger partial charge in [0.05, 0.1) is 5.59 Å². The zero-order valence-electron chi connectivity index (χ0n) is 6.60. The van der Waals surface area contributed by atoms with E-state index in [9.17, 15) is 0 Å². The molecule has 0 unspecified atom stereocenters. The lowest BCUT2D eigenvalue weighted by atomic mass is 9.86. The summed E-state index contributed by atoms with van der Waals surface area (Å²) in [5.74, 6) is 0. The Hall–Kier alpha value is -0.805. The molecule has 1 rings (SSSR count). The third-order valence-corrected chi connectivity index (χ3v) is 1.45. The van der Waals surface area contributed by atoms with Crippen molar-refractivity contribution in [2.75, 3.05) is 0 Å². The second-order valence-corrected chi connectivity index (χ2v) is 2.67. The Balaban J connectivity index is 2.96. The van der Waals surface area contributed by atoms with E-state index in [2.05, 4.69) is 5.10 Å². The third kappa shape index (κ3) is 1.61. The summed E-state index contributed by atoms with van der Waals surface area (Å²) in [5, 5.41) is 21.6. The molecule has 4 nitrogen and oxygen atoms in total. The molecule has 1 heterocycles. The van der Waals surface area contributed by atoms with Crippen molar-refractivity contribution in [3.05, 3.63) is 12.3 Å². The normalized spacial score (nSPS) is 10.6. The van der Waals surface area contributed by atoms with E-state index < -0.39 is 7.12 Å². The first-order chi connectivity index (χ1) is 5.13. The van der Waals surface area contributed by atoms with Crippen LogP contribution in [0, 0.1) is 0 Å². The van der Waals surface area contributed by atoms with Crippen LogP contribution in [0.5, 0.6) is 0 Å². The molecular weight excluding hydrogens is 143 g/mol. The summed E-state index contributed by atoms with van der Waals surface area (Å²) in [5.41, 5.74) is 0.431. The number of rotatable bonds is 2. The van der Waals surface area contributed by atoms with Gasteiger partial charge in [-0.2, -0.15) is 5.10 Å². The Kier molecular flexibility index (Phi) is 2.31. The maximum absolute atomic E-state index is 8.84. The van der Waals surface area contributed by atoms with Crippen molar-refractivity contribution in [1.82, 2.24) is 9.78 Å². The van der Waals surface area contributed by atoms with Gasteiger partial charge in [-0.25, -0.2) is 0 Å². The Morgan fingerprint density at radius 3 is 2.55 bits per heavy atom. The summed E-state index contributed by atoms with van der Waals surface area (Å²) < 4.78 is 1.57. The number of hydrogen-bond acceptors (Lipinski definition) is 3. The molecule has 5 heteroatoms. The fourth-order valence-corrected chi connectivity index (χ4v) is 0.960. The molecule has 60 valence electrons. The van der Waals surface area contributed by atoms with Gasteiger partial charge in [-0.15, -0.1) is 0 Å². The predicted octanol–water partition coefficient (Wildman–Crippen LogP) is -0.856. The monoisotopic (exact) mass is 154 g/mol. The molecule has 0 radical (unpaired) electrons. The molecule has 1 aromatic heterocycles. The van der Waals surface area contributed by atoms with Crippen LogP contribution in [0.15, 0.2) is 12.3 Å². The highest BCUT2D eigenvalue weighted by Gasteiger charge is 2.17. The van der Waals surface area contributed by atoms with Crippen molar-refractivity contribution < 1.29 is 10.0 Å². The highest BCUT2D eigenvalue weighted by molar-refractivity contribution is 6.57. The molecule has 0 saturated heterocycles. The second kappa shape index (κ2) is 3.06. The molecule has 0 aliphatic heterocycles. The number of hydrogen-bond donors (Lipinski definition) is 2. The Morgan fingerprint density at radius 2 is 2.18 bits per heavy atom. The van der Waals surface area contributed by atoms with Gasteiger partial charge in [0.15, 0.2) is 0 Å². The minimum atomic E-state index is -1.43. The minimum Gasteiger partial charge on any atom is -0.422 e.